The molecule has 4 rings (SSSR count). The van der Waals surface area contributed by atoms with Crippen LogP contribution >= 0.6 is 0 Å². The molecule has 0 saturated carbocycles. The molecule has 1 heterocycles. The van der Waals surface area contributed by atoms with E-state index in [1.54, 1.807) is 29.2 Å². The normalized spacial score (nSPS) is 16.1. The molecule has 1 unspecified atom stereocenters. The number of carbonyl (C=O) groups excluding carboxylic acids is 3. The smallest absolute Gasteiger partial charge is 0.316 e. The summed E-state index contributed by atoms with van der Waals surface area (Å²) in [6.07, 6.45) is 0.117. The first-order valence-corrected chi connectivity index (χ1v) is 9.39. The predicted molar refractivity (Wildman–Crippen MR) is 111 cm³/mol. The Balaban J connectivity index is 1.47. The van der Waals surface area contributed by atoms with Gasteiger partial charge in [0.2, 0.25) is 11.8 Å². The van der Waals surface area contributed by atoms with Crippen LogP contribution in [0.5, 0.6) is 5.75 Å². The minimum atomic E-state index is -0.531. The van der Waals surface area contributed by atoms with Crippen LogP contribution in [0.15, 0.2) is 66.7 Å². The van der Waals surface area contributed by atoms with E-state index >= 15 is 0 Å². The summed E-state index contributed by atoms with van der Waals surface area (Å²) in [6.45, 7) is 1.71. The van der Waals surface area contributed by atoms with E-state index in [1.807, 2.05) is 42.5 Å². The summed E-state index contributed by atoms with van der Waals surface area (Å²) < 4.78 is 5.45. The van der Waals surface area contributed by atoms with Crippen LogP contribution in [0.4, 0.5) is 11.4 Å². The van der Waals surface area contributed by atoms with Crippen molar-refractivity contribution in [3.8, 4) is 5.75 Å². The number of fused-ring (bicyclic) bond motifs is 1. The largest absolute Gasteiger partial charge is 0.426 e. The monoisotopic (exact) mass is 388 g/mol. The number of nitrogens with one attached hydrogen (secondary N) is 1. The fourth-order valence-electron chi connectivity index (χ4n) is 3.55. The average Bonchev–Trinajstić information content (AvgIpc) is 3.10. The number of anilines is 2. The second-order valence-electron chi connectivity index (χ2n) is 7.03. The molecule has 0 aromatic heterocycles. The minimum absolute atomic E-state index is 0.0932. The van der Waals surface area contributed by atoms with Crippen molar-refractivity contribution in [2.24, 2.45) is 5.92 Å². The molecule has 6 heteroatoms. The molecule has 2 amide bonds. The first kappa shape index (κ1) is 18.7. The van der Waals surface area contributed by atoms with Gasteiger partial charge >= 0.3 is 5.97 Å². The molecule has 3 aromatic rings. The van der Waals surface area contributed by atoms with E-state index in [9.17, 15) is 14.4 Å². The first-order chi connectivity index (χ1) is 14.0. The molecular formula is C23H20N2O4. The van der Waals surface area contributed by atoms with Crippen molar-refractivity contribution >= 4 is 39.9 Å². The van der Waals surface area contributed by atoms with Gasteiger partial charge in [-0.1, -0.05) is 36.4 Å². The Morgan fingerprint density at radius 2 is 1.72 bits per heavy atom. The van der Waals surface area contributed by atoms with E-state index in [4.69, 9.17) is 4.74 Å². The Labute approximate surface area is 168 Å². The highest BCUT2D eigenvalue weighted by atomic mass is 16.5. The maximum absolute atomic E-state index is 12.6. The molecular weight excluding hydrogens is 368 g/mol. The van der Waals surface area contributed by atoms with E-state index in [0.29, 0.717) is 11.4 Å². The number of nitrogens with zero attached hydrogens (tertiary/aromatic N) is 1. The van der Waals surface area contributed by atoms with E-state index < -0.39 is 11.9 Å². The van der Waals surface area contributed by atoms with Gasteiger partial charge in [-0.2, -0.15) is 0 Å². The molecule has 146 valence electrons. The zero-order chi connectivity index (χ0) is 20.4. The van der Waals surface area contributed by atoms with Gasteiger partial charge in [0.15, 0.2) is 0 Å². The molecule has 1 atom stereocenters. The van der Waals surface area contributed by atoms with Crippen molar-refractivity contribution < 1.29 is 19.1 Å². The Hall–Kier alpha value is -3.67. The lowest BCUT2D eigenvalue weighted by Crippen LogP contribution is -2.27. The lowest BCUT2D eigenvalue weighted by atomic mass is 10.1. The zero-order valence-corrected chi connectivity index (χ0v) is 15.9. The van der Waals surface area contributed by atoms with Gasteiger partial charge in [0.25, 0.3) is 0 Å². The summed E-state index contributed by atoms with van der Waals surface area (Å²) in [7, 11) is 0. The van der Waals surface area contributed by atoms with Crippen LogP contribution in [-0.2, 0) is 14.4 Å². The quantitative estimate of drug-likeness (QED) is 0.545. The summed E-state index contributed by atoms with van der Waals surface area (Å²) in [4.78, 5) is 37.9. The zero-order valence-electron chi connectivity index (χ0n) is 15.9. The van der Waals surface area contributed by atoms with Gasteiger partial charge in [-0.3, -0.25) is 14.4 Å². The summed E-state index contributed by atoms with van der Waals surface area (Å²) in [6, 6.07) is 20.2. The van der Waals surface area contributed by atoms with Crippen molar-refractivity contribution in [1.29, 1.82) is 0 Å². The molecule has 0 bridgehead atoms. The van der Waals surface area contributed by atoms with Crippen molar-refractivity contribution in [1.82, 2.24) is 0 Å². The maximum atomic E-state index is 12.6. The van der Waals surface area contributed by atoms with Crippen LogP contribution in [0.2, 0.25) is 0 Å². The number of hydrogen-bond donors (Lipinski definition) is 1. The summed E-state index contributed by atoms with van der Waals surface area (Å²) in [5, 5.41) is 4.68. The average molecular weight is 388 g/mol. The molecule has 1 aliphatic heterocycles. The Bertz CT molecular complexity index is 1090. The molecule has 29 heavy (non-hydrogen) atoms. The van der Waals surface area contributed by atoms with Crippen molar-refractivity contribution in [2.45, 2.75) is 13.3 Å². The third-order valence-electron chi connectivity index (χ3n) is 4.91. The number of carbonyl (C=O) groups is 3. The van der Waals surface area contributed by atoms with Crippen molar-refractivity contribution in [3.63, 3.8) is 0 Å². The highest BCUT2D eigenvalue weighted by Crippen LogP contribution is 2.32. The molecule has 0 aliphatic carbocycles. The lowest BCUT2D eigenvalue weighted by Gasteiger charge is -2.18. The van der Waals surface area contributed by atoms with Gasteiger partial charge in [-0.25, -0.2) is 0 Å². The number of esters is 1. The minimum Gasteiger partial charge on any atom is -0.426 e. The Morgan fingerprint density at radius 1 is 1.00 bits per heavy atom. The molecule has 1 fully saturated rings. The molecule has 3 aromatic carbocycles. The Morgan fingerprint density at radius 3 is 2.48 bits per heavy atom. The van der Waals surface area contributed by atoms with E-state index in [2.05, 4.69) is 5.32 Å². The number of benzene rings is 3. The van der Waals surface area contributed by atoms with Crippen molar-refractivity contribution in [3.05, 3.63) is 66.7 Å². The van der Waals surface area contributed by atoms with Crippen LogP contribution in [0.25, 0.3) is 10.8 Å². The van der Waals surface area contributed by atoms with Gasteiger partial charge in [-0.05, 0) is 35.7 Å². The van der Waals surface area contributed by atoms with Crippen LogP contribution < -0.4 is 15.0 Å². The number of amides is 2. The third-order valence-corrected chi connectivity index (χ3v) is 4.91. The van der Waals surface area contributed by atoms with Crippen LogP contribution in [0.1, 0.15) is 13.3 Å². The molecule has 0 spiro atoms. The summed E-state index contributed by atoms with van der Waals surface area (Å²) >= 11 is 0. The highest BCUT2D eigenvalue weighted by Gasteiger charge is 2.37. The second-order valence-corrected chi connectivity index (χ2v) is 7.03. The fourth-order valence-corrected chi connectivity index (χ4v) is 3.55. The van der Waals surface area contributed by atoms with E-state index in [-0.39, 0.29) is 24.8 Å². The maximum Gasteiger partial charge on any atom is 0.316 e. The number of ether oxygens (including phenoxy) is 1. The van der Waals surface area contributed by atoms with Crippen LogP contribution in [0.3, 0.4) is 0 Å². The molecule has 0 radical (unpaired) electrons. The Kier molecular flexibility index (Phi) is 4.99. The first-order valence-electron chi connectivity index (χ1n) is 9.39. The van der Waals surface area contributed by atoms with Gasteiger partial charge in [-0.15, -0.1) is 0 Å². The van der Waals surface area contributed by atoms with Crippen LogP contribution in [-0.4, -0.2) is 24.3 Å². The third kappa shape index (κ3) is 3.96. The molecule has 1 N–H and O–H groups in total. The van der Waals surface area contributed by atoms with Gasteiger partial charge < -0.3 is 15.0 Å². The van der Waals surface area contributed by atoms with Gasteiger partial charge in [0, 0.05) is 31.0 Å². The predicted octanol–water partition coefficient (Wildman–Crippen LogP) is 3.76. The topological polar surface area (TPSA) is 75.7 Å². The fraction of sp³-hybridized carbons (Fsp3) is 0.174. The second kappa shape index (κ2) is 7.75. The van der Waals surface area contributed by atoms with E-state index in [0.717, 1.165) is 16.5 Å². The number of hydrogen-bond acceptors (Lipinski definition) is 4. The lowest BCUT2D eigenvalue weighted by molar-refractivity contribution is -0.139. The standard InChI is InChI=1S/C23H20N2O4/c1-15(26)24-18-9-11-19(12-10-18)29-23(28)17-13-22(27)25(14-17)21-8-4-6-16-5-2-3-7-20(16)21/h2-12,17H,13-14H2,1H3,(H,24,26). The number of rotatable bonds is 4. The molecule has 1 aliphatic rings. The molecule has 1 saturated heterocycles. The van der Waals surface area contributed by atoms with E-state index in [1.165, 1.54) is 6.92 Å². The van der Waals surface area contributed by atoms with Crippen molar-refractivity contribution in [2.75, 3.05) is 16.8 Å². The SMILES string of the molecule is CC(=O)Nc1ccc(OC(=O)C2CC(=O)N(c3cccc4ccccc34)C2)cc1. The highest BCUT2D eigenvalue weighted by molar-refractivity contribution is 6.06. The van der Waals surface area contributed by atoms with Crippen LogP contribution in [0, 0.1) is 5.92 Å². The summed E-state index contributed by atoms with van der Waals surface area (Å²) in [5.41, 5.74) is 1.43. The van der Waals surface area contributed by atoms with Gasteiger partial charge in [0.1, 0.15) is 5.75 Å². The summed E-state index contributed by atoms with van der Waals surface area (Å²) in [5.74, 6) is -0.859. The molecule has 6 nitrogen and oxygen atoms in total. The van der Waals surface area contributed by atoms with Gasteiger partial charge in [0.05, 0.1) is 11.6 Å².